The number of hydrogen-bond acceptors (Lipinski definition) is 5. The smallest absolute Gasteiger partial charge is 0.437 e. The molecule has 0 fully saturated rings. The van der Waals surface area contributed by atoms with Gasteiger partial charge < -0.3 is 15.2 Å². The van der Waals surface area contributed by atoms with E-state index in [1.165, 1.54) is 0 Å². The highest BCUT2D eigenvalue weighted by Gasteiger charge is 2.24. The Labute approximate surface area is 132 Å². The molecule has 0 aromatic heterocycles. The predicted molar refractivity (Wildman–Crippen MR) is 84.5 cm³/mol. The number of amidine groups is 1. The van der Waals surface area contributed by atoms with Crippen LogP contribution in [-0.2, 0) is 4.84 Å². The molecule has 23 heavy (non-hydrogen) atoms. The van der Waals surface area contributed by atoms with Crippen molar-refractivity contribution in [2.75, 3.05) is 11.9 Å². The van der Waals surface area contributed by atoms with Gasteiger partial charge in [0.25, 0.3) is 0 Å². The molecule has 2 aromatic carbocycles. The van der Waals surface area contributed by atoms with Crippen LogP contribution in [0.1, 0.15) is 0 Å². The number of ether oxygens (including phenoxy) is 2. The highest BCUT2D eigenvalue weighted by atomic mass is 16.7. The Morgan fingerprint density at radius 2 is 1.83 bits per heavy atom. The van der Waals surface area contributed by atoms with Gasteiger partial charge >= 0.3 is 6.09 Å². The third-order valence-corrected chi connectivity index (χ3v) is 3.09. The van der Waals surface area contributed by atoms with Crippen molar-refractivity contribution in [3.05, 3.63) is 54.6 Å². The number of anilines is 1. The second-order valence-electron chi connectivity index (χ2n) is 4.75. The van der Waals surface area contributed by atoms with E-state index < -0.39 is 12.2 Å². The fourth-order valence-electron chi connectivity index (χ4n) is 1.98. The lowest BCUT2D eigenvalue weighted by molar-refractivity contribution is 0.127. The average molecular weight is 313 g/mol. The predicted octanol–water partition coefficient (Wildman–Crippen LogP) is 2.35. The molecule has 1 atom stereocenters. The molecule has 0 saturated heterocycles. The van der Waals surface area contributed by atoms with Crippen LogP contribution >= 0.6 is 0 Å². The summed E-state index contributed by atoms with van der Waals surface area (Å²) < 4.78 is 11.2. The zero-order chi connectivity index (χ0) is 16.1. The number of carbonyl (C=O) groups excluding carboxylic acids is 1. The molecular formula is C16H15N3O4. The number of hydrogen-bond donors (Lipinski definition) is 2. The van der Waals surface area contributed by atoms with Crippen LogP contribution in [0.5, 0.6) is 11.5 Å². The van der Waals surface area contributed by atoms with Gasteiger partial charge in [-0.25, -0.2) is 4.79 Å². The summed E-state index contributed by atoms with van der Waals surface area (Å²) in [6.45, 7) is 0.190. The number of nitrogens with two attached hydrogens (primary N) is 1. The molecule has 0 saturated carbocycles. The zero-order valence-electron chi connectivity index (χ0n) is 12.1. The van der Waals surface area contributed by atoms with Crippen molar-refractivity contribution in [3.63, 3.8) is 0 Å². The highest BCUT2D eigenvalue weighted by molar-refractivity contribution is 5.88. The van der Waals surface area contributed by atoms with E-state index in [0.717, 1.165) is 0 Å². The number of fused-ring (bicyclic) bond motifs is 1. The monoisotopic (exact) mass is 313 g/mol. The molecule has 3 rings (SSSR count). The average Bonchev–Trinajstić information content (AvgIpc) is 2.60. The summed E-state index contributed by atoms with van der Waals surface area (Å²) in [6.07, 6.45) is -1.36. The van der Waals surface area contributed by atoms with E-state index in [-0.39, 0.29) is 12.4 Å². The molecule has 1 aliphatic rings. The fourth-order valence-corrected chi connectivity index (χ4v) is 1.98. The number of nitrogens with one attached hydrogen (secondary N) is 1. The number of para-hydroxylation sites is 3. The first kappa shape index (κ1) is 14.7. The fraction of sp³-hybridized carbons (Fsp3) is 0.125. The van der Waals surface area contributed by atoms with Crippen molar-refractivity contribution >= 4 is 17.6 Å². The molecule has 118 valence electrons. The van der Waals surface area contributed by atoms with Gasteiger partial charge in [-0.2, -0.15) is 0 Å². The summed E-state index contributed by atoms with van der Waals surface area (Å²) in [6, 6.07) is 16.1. The molecule has 1 aliphatic heterocycles. The summed E-state index contributed by atoms with van der Waals surface area (Å²) in [5.41, 5.74) is 6.38. The first-order chi connectivity index (χ1) is 11.2. The van der Waals surface area contributed by atoms with Gasteiger partial charge in [-0.3, -0.25) is 10.2 Å². The first-order valence-corrected chi connectivity index (χ1v) is 6.97. The van der Waals surface area contributed by atoms with Crippen LogP contribution in [0.3, 0.4) is 0 Å². The second kappa shape index (κ2) is 6.69. The molecule has 0 aliphatic carbocycles. The van der Waals surface area contributed by atoms with E-state index in [9.17, 15) is 4.79 Å². The maximum Gasteiger partial charge on any atom is 0.437 e. The van der Waals surface area contributed by atoms with Crippen LogP contribution in [0.4, 0.5) is 10.5 Å². The molecule has 2 aromatic rings. The molecule has 3 N–H and O–H groups in total. The van der Waals surface area contributed by atoms with Gasteiger partial charge in [-0.15, -0.1) is 0 Å². The Bertz CT molecular complexity index is 718. The Balaban J connectivity index is 1.57. The standard InChI is InChI=1S/C16H15N3O4/c17-15(14-10-21-12-8-4-5-9-13(12)22-14)19-23-16(20)18-11-6-2-1-3-7-11/h1-9,14H,10H2,(H2,17,19)(H,18,20)/t14-/m1/s1. The van der Waals surface area contributed by atoms with Gasteiger partial charge in [0.15, 0.2) is 23.4 Å². The van der Waals surface area contributed by atoms with Gasteiger partial charge in [-0.05, 0) is 24.3 Å². The number of rotatable bonds is 3. The van der Waals surface area contributed by atoms with E-state index in [4.69, 9.17) is 20.0 Å². The Kier molecular flexibility index (Phi) is 4.28. The normalized spacial score (nSPS) is 16.5. The summed E-state index contributed by atoms with van der Waals surface area (Å²) in [7, 11) is 0. The van der Waals surface area contributed by atoms with Crippen molar-refractivity contribution < 1.29 is 19.1 Å². The van der Waals surface area contributed by atoms with Gasteiger partial charge in [-0.1, -0.05) is 35.5 Å². The molecule has 0 radical (unpaired) electrons. The third-order valence-electron chi connectivity index (χ3n) is 3.09. The van der Waals surface area contributed by atoms with Gasteiger partial charge in [0, 0.05) is 5.69 Å². The van der Waals surface area contributed by atoms with Crippen molar-refractivity contribution in [1.29, 1.82) is 0 Å². The van der Waals surface area contributed by atoms with Crippen LogP contribution in [0.15, 0.2) is 59.8 Å². The van der Waals surface area contributed by atoms with E-state index in [1.54, 1.807) is 36.4 Å². The van der Waals surface area contributed by atoms with Crippen molar-refractivity contribution in [1.82, 2.24) is 0 Å². The largest absolute Gasteiger partial charge is 0.485 e. The molecule has 7 nitrogen and oxygen atoms in total. The summed E-state index contributed by atoms with van der Waals surface area (Å²) in [5.74, 6) is 1.22. The minimum Gasteiger partial charge on any atom is -0.485 e. The molecular weight excluding hydrogens is 298 g/mol. The molecule has 1 amide bonds. The quantitative estimate of drug-likeness (QED) is 0.392. The van der Waals surface area contributed by atoms with E-state index in [2.05, 4.69) is 10.5 Å². The van der Waals surface area contributed by atoms with Crippen molar-refractivity contribution in [2.24, 2.45) is 10.9 Å². The molecule has 0 unspecified atom stereocenters. The van der Waals surface area contributed by atoms with E-state index in [1.807, 2.05) is 18.2 Å². The van der Waals surface area contributed by atoms with Crippen LogP contribution in [0.2, 0.25) is 0 Å². The van der Waals surface area contributed by atoms with Crippen molar-refractivity contribution in [3.8, 4) is 11.5 Å². The minimum absolute atomic E-state index is 0.0164. The Morgan fingerprint density at radius 1 is 1.13 bits per heavy atom. The molecule has 7 heteroatoms. The number of amides is 1. The minimum atomic E-state index is -0.740. The van der Waals surface area contributed by atoms with Gasteiger partial charge in [0.05, 0.1) is 0 Å². The molecule has 0 spiro atoms. The van der Waals surface area contributed by atoms with E-state index in [0.29, 0.717) is 17.2 Å². The Morgan fingerprint density at radius 3 is 2.61 bits per heavy atom. The third kappa shape index (κ3) is 3.70. The maximum absolute atomic E-state index is 11.6. The number of benzene rings is 2. The molecule has 1 heterocycles. The summed E-state index contributed by atoms with van der Waals surface area (Å²) >= 11 is 0. The lowest BCUT2D eigenvalue weighted by Crippen LogP contribution is -2.41. The number of nitrogens with zero attached hydrogens (tertiary/aromatic N) is 1. The van der Waals surface area contributed by atoms with E-state index >= 15 is 0 Å². The summed E-state index contributed by atoms with van der Waals surface area (Å²) in [4.78, 5) is 16.4. The zero-order valence-corrected chi connectivity index (χ0v) is 12.1. The van der Waals surface area contributed by atoms with Crippen LogP contribution in [0.25, 0.3) is 0 Å². The van der Waals surface area contributed by atoms with Crippen LogP contribution in [-0.4, -0.2) is 24.6 Å². The maximum atomic E-state index is 11.6. The first-order valence-electron chi connectivity index (χ1n) is 6.97. The lowest BCUT2D eigenvalue weighted by atomic mass is 10.2. The highest BCUT2D eigenvalue weighted by Crippen LogP contribution is 2.30. The topological polar surface area (TPSA) is 95.2 Å². The van der Waals surface area contributed by atoms with Gasteiger partial charge in [0.1, 0.15) is 6.61 Å². The second-order valence-corrected chi connectivity index (χ2v) is 4.75. The SMILES string of the molecule is N/C(=N\OC(=O)Nc1ccccc1)[C@H]1COc2ccccc2O1. The lowest BCUT2D eigenvalue weighted by Gasteiger charge is -2.25. The van der Waals surface area contributed by atoms with Crippen molar-refractivity contribution in [2.45, 2.75) is 6.10 Å². The van der Waals surface area contributed by atoms with Gasteiger partial charge in [0.2, 0.25) is 0 Å². The van der Waals surface area contributed by atoms with Crippen LogP contribution in [0, 0.1) is 0 Å². The summed E-state index contributed by atoms with van der Waals surface area (Å²) in [5, 5.41) is 6.11. The Hall–Kier alpha value is -3.22. The molecule has 0 bridgehead atoms. The number of oxime groups is 1. The van der Waals surface area contributed by atoms with Crippen LogP contribution < -0.4 is 20.5 Å². The number of carbonyl (C=O) groups is 1.